The summed E-state index contributed by atoms with van der Waals surface area (Å²) in [7, 11) is 4.29. The van der Waals surface area contributed by atoms with Crippen LogP contribution in [0.15, 0.2) is 0 Å². The molecule has 5 nitrogen and oxygen atoms in total. The molecule has 1 unspecified atom stereocenters. The molecule has 118 valence electrons. The van der Waals surface area contributed by atoms with Gasteiger partial charge in [0.05, 0.1) is 0 Å². The van der Waals surface area contributed by atoms with E-state index in [2.05, 4.69) is 36.1 Å². The number of carbonyl (C=O) groups is 1. The number of piperidine rings is 1. The van der Waals surface area contributed by atoms with Crippen molar-refractivity contribution in [2.75, 3.05) is 46.8 Å². The van der Waals surface area contributed by atoms with E-state index in [1.165, 1.54) is 25.9 Å². The highest BCUT2D eigenvalue weighted by atomic mass is 16.4. The van der Waals surface area contributed by atoms with Crippen molar-refractivity contribution >= 4 is 5.97 Å². The van der Waals surface area contributed by atoms with Crippen molar-refractivity contribution in [3.63, 3.8) is 0 Å². The molecule has 1 heterocycles. The Hall–Kier alpha value is -0.650. The molecule has 0 spiro atoms. The molecule has 0 aromatic heterocycles. The van der Waals surface area contributed by atoms with Gasteiger partial charge in [-0.2, -0.15) is 0 Å². The Morgan fingerprint density at radius 1 is 1.45 bits per heavy atom. The normalized spacial score (nSPS) is 19.4. The van der Waals surface area contributed by atoms with Gasteiger partial charge in [-0.25, -0.2) is 0 Å². The molecule has 1 aliphatic heterocycles. The highest BCUT2D eigenvalue weighted by Gasteiger charge is 2.20. The van der Waals surface area contributed by atoms with Crippen LogP contribution in [0.3, 0.4) is 0 Å². The van der Waals surface area contributed by atoms with E-state index in [1.807, 2.05) is 0 Å². The quantitative estimate of drug-likeness (QED) is 0.664. The van der Waals surface area contributed by atoms with Crippen molar-refractivity contribution in [1.82, 2.24) is 15.1 Å². The highest BCUT2D eigenvalue weighted by molar-refractivity contribution is 5.73. The van der Waals surface area contributed by atoms with E-state index < -0.39 is 12.0 Å². The summed E-state index contributed by atoms with van der Waals surface area (Å²) in [4.78, 5) is 15.8. The zero-order valence-electron chi connectivity index (χ0n) is 13.3. The minimum atomic E-state index is -0.730. The van der Waals surface area contributed by atoms with Gasteiger partial charge in [-0.15, -0.1) is 0 Å². The number of nitrogens with zero attached hydrogens (tertiary/aromatic N) is 2. The topological polar surface area (TPSA) is 55.8 Å². The third kappa shape index (κ3) is 6.68. The van der Waals surface area contributed by atoms with Crippen molar-refractivity contribution in [1.29, 1.82) is 0 Å². The summed E-state index contributed by atoms with van der Waals surface area (Å²) < 4.78 is 0. The Morgan fingerprint density at radius 2 is 2.10 bits per heavy atom. The summed E-state index contributed by atoms with van der Waals surface area (Å²) in [5, 5.41) is 12.3. The Kier molecular flexibility index (Phi) is 8.11. The molecule has 1 saturated heterocycles. The van der Waals surface area contributed by atoms with E-state index in [-0.39, 0.29) is 0 Å². The predicted octanol–water partition coefficient (Wildman–Crippen LogP) is 1.10. The molecule has 1 aliphatic rings. The molecular weight excluding hydrogens is 254 g/mol. The van der Waals surface area contributed by atoms with E-state index in [1.54, 1.807) is 0 Å². The van der Waals surface area contributed by atoms with Gasteiger partial charge < -0.3 is 20.2 Å². The maximum absolute atomic E-state index is 11.2. The lowest BCUT2D eigenvalue weighted by Crippen LogP contribution is -2.41. The highest BCUT2D eigenvalue weighted by Crippen LogP contribution is 2.16. The van der Waals surface area contributed by atoms with Gasteiger partial charge in [0, 0.05) is 6.54 Å². The van der Waals surface area contributed by atoms with Crippen LogP contribution in [0.5, 0.6) is 0 Å². The zero-order chi connectivity index (χ0) is 15.0. The van der Waals surface area contributed by atoms with Crippen LogP contribution in [-0.4, -0.2) is 73.7 Å². The molecule has 0 bridgehead atoms. The molecule has 0 amide bonds. The average molecular weight is 285 g/mol. The predicted molar refractivity (Wildman–Crippen MR) is 82.1 cm³/mol. The fourth-order valence-electron chi connectivity index (χ4n) is 2.76. The summed E-state index contributed by atoms with van der Waals surface area (Å²) >= 11 is 0. The summed E-state index contributed by atoms with van der Waals surface area (Å²) in [5.74, 6) is 0.0363. The fourth-order valence-corrected chi connectivity index (χ4v) is 2.76. The van der Waals surface area contributed by atoms with Crippen LogP contribution >= 0.6 is 0 Å². The number of carboxylic acids is 1. The second-order valence-corrected chi connectivity index (χ2v) is 6.14. The minimum Gasteiger partial charge on any atom is -0.480 e. The van der Waals surface area contributed by atoms with Gasteiger partial charge in [-0.3, -0.25) is 4.79 Å². The zero-order valence-corrected chi connectivity index (χ0v) is 13.3. The van der Waals surface area contributed by atoms with Gasteiger partial charge in [-0.1, -0.05) is 6.92 Å². The third-order valence-electron chi connectivity index (χ3n) is 4.15. The molecule has 0 saturated carbocycles. The van der Waals surface area contributed by atoms with E-state index in [4.69, 9.17) is 0 Å². The van der Waals surface area contributed by atoms with Crippen molar-refractivity contribution in [3.8, 4) is 0 Å². The van der Waals surface area contributed by atoms with Crippen LogP contribution < -0.4 is 5.32 Å². The van der Waals surface area contributed by atoms with Crippen molar-refractivity contribution in [3.05, 3.63) is 0 Å². The van der Waals surface area contributed by atoms with Crippen molar-refractivity contribution < 1.29 is 9.90 Å². The number of likely N-dealkylation sites (tertiary alicyclic amines) is 1. The van der Waals surface area contributed by atoms with E-state index in [9.17, 15) is 9.90 Å². The van der Waals surface area contributed by atoms with Crippen LogP contribution in [-0.2, 0) is 4.79 Å². The van der Waals surface area contributed by atoms with Crippen LogP contribution in [0.1, 0.15) is 32.6 Å². The summed E-state index contributed by atoms with van der Waals surface area (Å²) in [6, 6.07) is -0.408. The maximum atomic E-state index is 11.2. The largest absolute Gasteiger partial charge is 0.480 e. The molecule has 1 fully saturated rings. The number of hydrogen-bond acceptors (Lipinski definition) is 4. The molecular formula is C15H31N3O2. The lowest BCUT2D eigenvalue weighted by Gasteiger charge is -2.32. The molecule has 5 heteroatoms. The van der Waals surface area contributed by atoms with Crippen LogP contribution in [0, 0.1) is 5.92 Å². The third-order valence-corrected chi connectivity index (χ3v) is 4.15. The van der Waals surface area contributed by atoms with E-state index in [0.29, 0.717) is 6.42 Å². The molecule has 20 heavy (non-hydrogen) atoms. The second-order valence-electron chi connectivity index (χ2n) is 6.14. The maximum Gasteiger partial charge on any atom is 0.320 e. The van der Waals surface area contributed by atoms with Crippen molar-refractivity contribution in [2.24, 2.45) is 5.92 Å². The number of aliphatic carboxylic acids is 1. The first-order chi connectivity index (χ1) is 9.52. The Morgan fingerprint density at radius 3 is 2.65 bits per heavy atom. The lowest BCUT2D eigenvalue weighted by atomic mass is 9.96. The SMILES string of the molecule is CCCNC(CCN(C)CC1CCN(C)CC1)C(=O)O. The molecule has 1 rings (SSSR count). The number of rotatable bonds is 9. The summed E-state index contributed by atoms with van der Waals surface area (Å²) in [6.07, 6.45) is 4.17. The fraction of sp³-hybridized carbons (Fsp3) is 0.933. The second kappa shape index (κ2) is 9.32. The Labute approximate surface area is 123 Å². The number of nitrogens with one attached hydrogen (secondary N) is 1. The molecule has 0 aliphatic carbocycles. The Bertz CT molecular complexity index is 278. The van der Waals surface area contributed by atoms with Gasteiger partial charge in [0.2, 0.25) is 0 Å². The molecule has 0 aromatic rings. The van der Waals surface area contributed by atoms with Crippen LogP contribution in [0.4, 0.5) is 0 Å². The monoisotopic (exact) mass is 285 g/mol. The van der Waals surface area contributed by atoms with Gasteiger partial charge >= 0.3 is 5.97 Å². The van der Waals surface area contributed by atoms with E-state index in [0.717, 1.165) is 32.0 Å². The summed E-state index contributed by atoms with van der Waals surface area (Å²) in [6.45, 7) is 7.14. The van der Waals surface area contributed by atoms with Crippen molar-refractivity contribution in [2.45, 2.75) is 38.6 Å². The van der Waals surface area contributed by atoms with Crippen LogP contribution in [0.2, 0.25) is 0 Å². The minimum absolute atomic E-state index is 0.408. The number of carboxylic acid groups (broad SMARTS) is 1. The standard InChI is InChI=1S/C15H31N3O2/c1-4-8-16-14(15(19)20)7-11-18(3)12-13-5-9-17(2)10-6-13/h13-14,16H,4-12H2,1-3H3,(H,19,20). The molecule has 2 N–H and O–H groups in total. The molecule has 0 aromatic carbocycles. The molecule has 0 radical (unpaired) electrons. The first-order valence-corrected chi connectivity index (χ1v) is 7.86. The van der Waals surface area contributed by atoms with Crippen LogP contribution in [0.25, 0.3) is 0 Å². The summed E-state index contributed by atoms with van der Waals surface area (Å²) in [5.41, 5.74) is 0. The average Bonchev–Trinajstić information content (AvgIpc) is 2.41. The first-order valence-electron chi connectivity index (χ1n) is 7.86. The molecule has 1 atom stereocenters. The van der Waals surface area contributed by atoms with Gasteiger partial charge in [0.15, 0.2) is 0 Å². The van der Waals surface area contributed by atoms with Gasteiger partial charge in [0.25, 0.3) is 0 Å². The smallest absolute Gasteiger partial charge is 0.320 e. The van der Waals surface area contributed by atoms with E-state index >= 15 is 0 Å². The number of hydrogen-bond donors (Lipinski definition) is 2. The first kappa shape index (κ1) is 17.4. The Balaban J connectivity index is 2.23. The van der Waals surface area contributed by atoms with Gasteiger partial charge in [-0.05, 0) is 71.9 Å². The van der Waals surface area contributed by atoms with Gasteiger partial charge in [0.1, 0.15) is 6.04 Å². The lowest BCUT2D eigenvalue weighted by molar-refractivity contribution is -0.139.